The van der Waals surface area contributed by atoms with Crippen LogP contribution >= 0.6 is 0 Å². The standard InChI is InChI=1S/C26H26FN5O/c1-15-5-4-6-20(27)24(15)18-7-8-19(13-18)25-17(3)30-26-21(31-25)9-10-23(33)32(26)14-22-16(2)28-11-12-29-22/h4-6,9-12,18-19H,7-8,13-14H2,1-3H3/t18-,19-/m1/s1. The Morgan fingerprint density at radius 1 is 0.970 bits per heavy atom. The van der Waals surface area contributed by atoms with E-state index in [9.17, 15) is 9.18 Å². The number of hydrogen-bond donors (Lipinski definition) is 0. The Hall–Kier alpha value is -3.48. The minimum atomic E-state index is -0.148. The second kappa shape index (κ2) is 8.46. The highest BCUT2D eigenvalue weighted by Gasteiger charge is 2.32. The molecule has 0 unspecified atom stereocenters. The molecule has 3 heterocycles. The van der Waals surface area contributed by atoms with Gasteiger partial charge in [-0.3, -0.25) is 19.3 Å². The van der Waals surface area contributed by atoms with Crippen LogP contribution in [0.25, 0.3) is 11.2 Å². The van der Waals surface area contributed by atoms with Crippen LogP contribution in [-0.2, 0) is 6.54 Å². The van der Waals surface area contributed by atoms with Crippen molar-refractivity contribution in [2.45, 2.75) is 58.4 Å². The van der Waals surface area contributed by atoms with Gasteiger partial charge < -0.3 is 0 Å². The lowest BCUT2D eigenvalue weighted by Crippen LogP contribution is -2.23. The summed E-state index contributed by atoms with van der Waals surface area (Å²) in [5.74, 6) is 0.278. The molecule has 0 radical (unpaired) electrons. The van der Waals surface area contributed by atoms with Crippen molar-refractivity contribution in [2.75, 3.05) is 0 Å². The van der Waals surface area contributed by atoms with Crippen LogP contribution in [0.5, 0.6) is 0 Å². The van der Waals surface area contributed by atoms with E-state index in [1.165, 1.54) is 6.07 Å². The Bertz CT molecular complexity index is 1390. The van der Waals surface area contributed by atoms with Crippen molar-refractivity contribution in [3.63, 3.8) is 0 Å². The molecule has 6 nitrogen and oxygen atoms in total. The van der Waals surface area contributed by atoms with E-state index >= 15 is 0 Å². The van der Waals surface area contributed by atoms with E-state index < -0.39 is 0 Å². The van der Waals surface area contributed by atoms with Gasteiger partial charge in [0.15, 0.2) is 5.65 Å². The molecule has 2 atom stereocenters. The van der Waals surface area contributed by atoms with Crippen molar-refractivity contribution in [3.8, 4) is 0 Å². The molecule has 1 aliphatic carbocycles. The third kappa shape index (κ3) is 3.92. The fourth-order valence-electron chi connectivity index (χ4n) is 5.12. The van der Waals surface area contributed by atoms with Crippen molar-refractivity contribution >= 4 is 11.2 Å². The highest BCUT2D eigenvalue weighted by atomic mass is 19.1. The molecule has 0 amide bonds. The van der Waals surface area contributed by atoms with E-state index in [0.29, 0.717) is 17.7 Å². The van der Waals surface area contributed by atoms with Crippen molar-refractivity contribution in [3.05, 3.63) is 92.8 Å². The summed E-state index contributed by atoms with van der Waals surface area (Å²) < 4.78 is 16.1. The van der Waals surface area contributed by atoms with E-state index in [0.717, 1.165) is 53.2 Å². The SMILES string of the molecule is Cc1cccc(F)c1[C@@H]1CC[C@@H](c2nc3ccc(=O)n(Cc4nccnc4C)c3nc2C)C1. The van der Waals surface area contributed by atoms with Gasteiger partial charge in [-0.15, -0.1) is 0 Å². The topological polar surface area (TPSA) is 73.6 Å². The number of aromatic nitrogens is 5. The highest BCUT2D eigenvalue weighted by Crippen LogP contribution is 2.45. The summed E-state index contributed by atoms with van der Waals surface area (Å²) in [5.41, 5.74) is 6.19. The Balaban J connectivity index is 1.50. The third-order valence-corrected chi connectivity index (χ3v) is 6.81. The highest BCUT2D eigenvalue weighted by molar-refractivity contribution is 5.70. The van der Waals surface area contributed by atoms with Crippen LogP contribution in [0, 0.1) is 26.6 Å². The van der Waals surface area contributed by atoms with Crippen LogP contribution in [0.15, 0.2) is 47.5 Å². The summed E-state index contributed by atoms with van der Waals surface area (Å²) in [5, 5.41) is 0. The molecule has 4 aromatic rings. The Kier molecular flexibility index (Phi) is 5.48. The Morgan fingerprint density at radius 2 is 1.76 bits per heavy atom. The molecule has 0 saturated heterocycles. The zero-order valence-electron chi connectivity index (χ0n) is 19.0. The molecule has 5 rings (SSSR count). The van der Waals surface area contributed by atoms with E-state index in [4.69, 9.17) is 9.97 Å². The zero-order valence-corrected chi connectivity index (χ0v) is 19.0. The maximum Gasteiger partial charge on any atom is 0.252 e. The molecule has 1 fully saturated rings. The molecular formula is C26H26FN5O. The fourth-order valence-corrected chi connectivity index (χ4v) is 5.12. The first-order valence-corrected chi connectivity index (χ1v) is 11.3. The first-order chi connectivity index (χ1) is 15.9. The number of halogens is 1. The maximum atomic E-state index is 14.5. The van der Waals surface area contributed by atoms with Crippen LogP contribution < -0.4 is 5.56 Å². The van der Waals surface area contributed by atoms with E-state index in [-0.39, 0.29) is 23.2 Å². The monoisotopic (exact) mass is 443 g/mol. The molecule has 168 valence electrons. The molecule has 0 spiro atoms. The maximum absolute atomic E-state index is 14.5. The van der Waals surface area contributed by atoms with Crippen molar-refractivity contribution < 1.29 is 4.39 Å². The first kappa shape index (κ1) is 21.4. The molecule has 0 N–H and O–H groups in total. The van der Waals surface area contributed by atoms with Gasteiger partial charge in [0.2, 0.25) is 0 Å². The predicted molar refractivity (Wildman–Crippen MR) is 125 cm³/mol. The van der Waals surface area contributed by atoms with Gasteiger partial charge in [0.1, 0.15) is 11.3 Å². The fraction of sp³-hybridized carbons (Fsp3) is 0.346. The lowest BCUT2D eigenvalue weighted by atomic mass is 9.91. The third-order valence-electron chi connectivity index (χ3n) is 6.81. The second-order valence-electron chi connectivity index (χ2n) is 8.93. The lowest BCUT2D eigenvalue weighted by molar-refractivity contribution is 0.572. The van der Waals surface area contributed by atoms with Crippen LogP contribution in [0.2, 0.25) is 0 Å². The van der Waals surface area contributed by atoms with Crippen LogP contribution in [0.4, 0.5) is 4.39 Å². The average Bonchev–Trinajstić information content (AvgIpc) is 3.26. The summed E-state index contributed by atoms with van der Waals surface area (Å²) in [6, 6.07) is 8.56. The molecular weight excluding hydrogens is 417 g/mol. The molecule has 3 aromatic heterocycles. The largest absolute Gasteiger partial charge is 0.285 e. The number of hydrogen-bond acceptors (Lipinski definition) is 5. The van der Waals surface area contributed by atoms with Crippen molar-refractivity contribution in [1.29, 1.82) is 0 Å². The van der Waals surface area contributed by atoms with Crippen LogP contribution in [0.3, 0.4) is 0 Å². The quantitative estimate of drug-likeness (QED) is 0.455. The number of pyridine rings is 1. The predicted octanol–water partition coefficient (Wildman–Crippen LogP) is 4.75. The van der Waals surface area contributed by atoms with Crippen molar-refractivity contribution in [1.82, 2.24) is 24.5 Å². The molecule has 1 saturated carbocycles. The Labute approximate surface area is 191 Å². The second-order valence-corrected chi connectivity index (χ2v) is 8.93. The van der Waals surface area contributed by atoms with Gasteiger partial charge in [-0.25, -0.2) is 14.4 Å². The zero-order chi connectivity index (χ0) is 23.1. The summed E-state index contributed by atoms with van der Waals surface area (Å²) >= 11 is 0. The summed E-state index contributed by atoms with van der Waals surface area (Å²) in [6.45, 7) is 6.09. The lowest BCUT2D eigenvalue weighted by Gasteiger charge is -2.17. The van der Waals surface area contributed by atoms with E-state index in [1.807, 2.05) is 26.8 Å². The van der Waals surface area contributed by atoms with Gasteiger partial charge in [0.05, 0.1) is 29.3 Å². The van der Waals surface area contributed by atoms with E-state index in [1.54, 1.807) is 35.2 Å². The first-order valence-electron chi connectivity index (χ1n) is 11.3. The van der Waals surface area contributed by atoms with Gasteiger partial charge >= 0.3 is 0 Å². The van der Waals surface area contributed by atoms with Gasteiger partial charge in [0.25, 0.3) is 5.56 Å². The van der Waals surface area contributed by atoms with Gasteiger partial charge in [-0.1, -0.05) is 12.1 Å². The minimum absolute atomic E-state index is 0.120. The van der Waals surface area contributed by atoms with Gasteiger partial charge in [-0.05, 0) is 69.2 Å². The summed E-state index contributed by atoms with van der Waals surface area (Å²) in [4.78, 5) is 31.1. The molecule has 1 aromatic carbocycles. The molecule has 33 heavy (non-hydrogen) atoms. The molecule has 0 bridgehead atoms. The van der Waals surface area contributed by atoms with Crippen LogP contribution in [0.1, 0.15) is 65.0 Å². The molecule has 0 aliphatic heterocycles. The normalized spacial score (nSPS) is 18.2. The molecule has 1 aliphatic rings. The summed E-state index contributed by atoms with van der Waals surface area (Å²) in [6.07, 6.45) is 5.98. The Morgan fingerprint density at radius 3 is 2.55 bits per heavy atom. The number of fused-ring (bicyclic) bond motifs is 1. The van der Waals surface area contributed by atoms with E-state index in [2.05, 4.69) is 9.97 Å². The molecule has 7 heteroatoms. The number of nitrogens with zero attached hydrogens (tertiary/aromatic N) is 5. The van der Waals surface area contributed by atoms with Gasteiger partial charge in [-0.2, -0.15) is 0 Å². The van der Waals surface area contributed by atoms with Gasteiger partial charge in [0, 0.05) is 24.4 Å². The number of aryl methyl sites for hydroxylation is 3. The minimum Gasteiger partial charge on any atom is -0.285 e. The van der Waals surface area contributed by atoms with Crippen LogP contribution in [-0.4, -0.2) is 24.5 Å². The summed E-state index contributed by atoms with van der Waals surface area (Å²) in [7, 11) is 0. The average molecular weight is 444 g/mol. The van der Waals surface area contributed by atoms with Crippen molar-refractivity contribution in [2.24, 2.45) is 0 Å². The number of benzene rings is 1. The smallest absolute Gasteiger partial charge is 0.252 e. The number of rotatable bonds is 4.